The first-order chi connectivity index (χ1) is 4.30. The fraction of sp³-hybridized carbons (Fsp3) is 0. The maximum Gasteiger partial charge on any atom is 0.249 e. The van der Waals surface area contributed by atoms with E-state index in [-0.39, 0.29) is 46.0 Å². The molecule has 1 heterocycles. The van der Waals surface area contributed by atoms with E-state index in [1.165, 1.54) is 12.3 Å². The van der Waals surface area contributed by atoms with Crippen LogP contribution < -0.4 is 0 Å². The number of rotatable bonds is 1. The summed E-state index contributed by atoms with van der Waals surface area (Å²) >= 11 is 0. The van der Waals surface area contributed by atoms with E-state index < -0.39 is 5.97 Å². The molecule has 0 aliphatic carbocycles. The first kappa shape index (κ1) is 9.96. The Labute approximate surface area is 90.6 Å². The summed E-state index contributed by atoms with van der Waals surface area (Å²) in [6.07, 6.45) is 3.80. The Bertz CT molecular complexity index is 212. The molecule has 52 valence electrons. The van der Waals surface area contributed by atoms with E-state index >= 15 is 0 Å². The summed E-state index contributed by atoms with van der Waals surface area (Å²) in [6, 6.07) is 3.00. The second-order valence-corrected chi connectivity index (χ2v) is 1.47. The summed E-state index contributed by atoms with van der Waals surface area (Å²) in [6.45, 7) is 0. The Morgan fingerprint density at radius 3 is 2.70 bits per heavy atom. The maximum atomic E-state index is 10.1. The predicted molar refractivity (Wildman–Crippen MR) is 30.0 cm³/mol. The molecular weight excluding hydrogens is 268 g/mol. The third kappa shape index (κ3) is 2.69. The molecular formula is C6H4NO2Sm-. The zero-order valence-electron chi connectivity index (χ0n) is 4.94. The Hall–Kier alpha value is -0.0423. The molecule has 0 fully saturated rings. The van der Waals surface area contributed by atoms with Gasteiger partial charge < -0.3 is 14.9 Å². The van der Waals surface area contributed by atoms with Gasteiger partial charge in [0.1, 0.15) is 0 Å². The monoisotopic (exact) mass is 274 g/mol. The van der Waals surface area contributed by atoms with Crippen molar-refractivity contribution in [2.24, 2.45) is 0 Å². The van der Waals surface area contributed by atoms with Crippen LogP contribution in [0.25, 0.3) is 0 Å². The van der Waals surface area contributed by atoms with Crippen molar-refractivity contribution in [2.45, 2.75) is 0 Å². The number of carboxylic acids is 1. The smallest absolute Gasteiger partial charge is 0.249 e. The van der Waals surface area contributed by atoms with Crippen molar-refractivity contribution < 1.29 is 50.3 Å². The minimum Gasteiger partial charge on any atom is -0.521 e. The Morgan fingerprint density at radius 1 is 1.70 bits per heavy atom. The van der Waals surface area contributed by atoms with E-state index in [0.717, 1.165) is 0 Å². The van der Waals surface area contributed by atoms with Gasteiger partial charge in [-0.05, 0) is 11.8 Å². The third-order valence-corrected chi connectivity index (χ3v) is 0.839. The van der Waals surface area contributed by atoms with Gasteiger partial charge in [-0.1, -0.05) is 6.20 Å². The molecule has 4 heteroatoms. The quantitative estimate of drug-likeness (QED) is 0.761. The van der Waals surface area contributed by atoms with Crippen LogP contribution >= 0.6 is 0 Å². The van der Waals surface area contributed by atoms with E-state index in [1.54, 1.807) is 6.07 Å². The Morgan fingerprint density at radius 2 is 2.40 bits per heavy atom. The largest absolute Gasteiger partial charge is 0.521 e. The third-order valence-electron chi connectivity index (χ3n) is 0.839. The Kier molecular flexibility index (Phi) is 4.70. The van der Waals surface area contributed by atoms with Crippen molar-refractivity contribution in [1.82, 2.24) is 4.98 Å². The summed E-state index contributed by atoms with van der Waals surface area (Å²) < 4.78 is 0. The van der Waals surface area contributed by atoms with Crippen LogP contribution in [0.3, 0.4) is 0 Å². The van der Waals surface area contributed by atoms with Crippen LogP contribution in [0, 0.1) is 46.6 Å². The molecule has 3 nitrogen and oxygen atoms in total. The fourth-order valence-corrected chi connectivity index (χ4v) is 0.445. The van der Waals surface area contributed by atoms with E-state index in [0.29, 0.717) is 0 Å². The van der Waals surface area contributed by atoms with Crippen LogP contribution in [0.5, 0.6) is 0 Å². The molecule has 0 amide bonds. The fourth-order valence-electron chi connectivity index (χ4n) is 0.445. The first-order valence-electron chi connectivity index (χ1n) is 2.36. The van der Waals surface area contributed by atoms with Crippen molar-refractivity contribution in [2.75, 3.05) is 0 Å². The van der Waals surface area contributed by atoms with E-state index in [9.17, 15) is 4.79 Å². The molecule has 1 N–H and O–H groups in total. The van der Waals surface area contributed by atoms with Crippen LogP contribution in [-0.2, 0) is 0 Å². The van der Waals surface area contributed by atoms with E-state index in [4.69, 9.17) is 5.11 Å². The number of aromatic nitrogens is 1. The molecule has 0 aromatic carbocycles. The van der Waals surface area contributed by atoms with Crippen LogP contribution in [0.15, 0.2) is 18.3 Å². The average molecular weight is 272 g/mol. The van der Waals surface area contributed by atoms with Crippen molar-refractivity contribution in [3.63, 3.8) is 0 Å². The number of carbonyl (C=O) groups is 1. The molecule has 0 unspecified atom stereocenters. The number of aromatic carboxylic acids is 1. The van der Waals surface area contributed by atoms with Crippen molar-refractivity contribution in [1.29, 1.82) is 0 Å². The summed E-state index contributed by atoms with van der Waals surface area (Å²) in [5.41, 5.74) is 0.0949. The van der Waals surface area contributed by atoms with Gasteiger partial charge in [-0.2, -0.15) is 0 Å². The van der Waals surface area contributed by atoms with Crippen LogP contribution in [-0.4, -0.2) is 16.1 Å². The normalized spacial score (nSPS) is 8.00. The number of hydrogen-bond acceptors (Lipinski definition) is 2. The summed E-state index contributed by atoms with van der Waals surface area (Å²) in [7, 11) is 0. The second-order valence-electron chi connectivity index (χ2n) is 1.47. The minimum atomic E-state index is -0.997. The SMILES string of the molecule is O=C(O)c1[c-]nccc1.[Sm]. The van der Waals surface area contributed by atoms with Gasteiger partial charge >= 0.3 is 0 Å². The molecule has 0 radical (unpaired) electrons. The first-order valence-corrected chi connectivity index (χ1v) is 2.36. The number of carboxylic acid groups (broad SMARTS) is 1. The van der Waals surface area contributed by atoms with E-state index in [1.807, 2.05) is 0 Å². The average Bonchev–Trinajstić information content (AvgIpc) is 1.90. The van der Waals surface area contributed by atoms with Gasteiger partial charge in [-0.25, -0.2) is 0 Å². The van der Waals surface area contributed by atoms with Gasteiger partial charge in [0.25, 0.3) is 0 Å². The zero-order valence-corrected chi connectivity index (χ0v) is 7.56. The van der Waals surface area contributed by atoms with Crippen molar-refractivity contribution >= 4 is 5.97 Å². The number of pyridine rings is 1. The number of nitrogens with zero attached hydrogens (tertiary/aromatic N) is 1. The molecule has 1 aromatic rings. The topological polar surface area (TPSA) is 50.2 Å². The summed E-state index contributed by atoms with van der Waals surface area (Å²) in [5.74, 6) is -0.997. The predicted octanol–water partition coefficient (Wildman–Crippen LogP) is 0.580. The van der Waals surface area contributed by atoms with E-state index in [2.05, 4.69) is 11.2 Å². The van der Waals surface area contributed by atoms with Gasteiger partial charge in [-0.15, -0.1) is 12.1 Å². The summed E-state index contributed by atoms with van der Waals surface area (Å²) in [5, 5.41) is 8.31. The van der Waals surface area contributed by atoms with Gasteiger partial charge in [-0.3, -0.25) is 0 Å². The number of hydrogen-bond donors (Lipinski definition) is 1. The minimum absolute atomic E-state index is 0. The molecule has 10 heavy (non-hydrogen) atoms. The molecule has 0 bridgehead atoms. The van der Waals surface area contributed by atoms with Gasteiger partial charge in [0.05, 0.1) is 0 Å². The molecule has 0 saturated carbocycles. The van der Waals surface area contributed by atoms with Gasteiger partial charge in [0.15, 0.2) is 0 Å². The summed E-state index contributed by atoms with van der Waals surface area (Å²) in [4.78, 5) is 13.6. The van der Waals surface area contributed by atoms with Gasteiger partial charge in [0, 0.05) is 40.4 Å². The molecule has 1 rings (SSSR count). The maximum absolute atomic E-state index is 10.1. The van der Waals surface area contributed by atoms with Crippen molar-refractivity contribution in [3.05, 3.63) is 30.1 Å². The molecule has 0 atom stereocenters. The van der Waals surface area contributed by atoms with Crippen molar-refractivity contribution in [3.8, 4) is 0 Å². The second kappa shape index (κ2) is 4.72. The van der Waals surface area contributed by atoms with Crippen LogP contribution in [0.4, 0.5) is 0 Å². The van der Waals surface area contributed by atoms with Crippen LogP contribution in [0.1, 0.15) is 10.4 Å². The standard InChI is InChI=1S/C6H4NO2.Sm/c8-6(9)5-2-1-3-7-4-5;/h1-3H,(H,8,9);/q-1;. The molecule has 0 saturated heterocycles. The van der Waals surface area contributed by atoms with Gasteiger partial charge in [0.2, 0.25) is 5.97 Å². The molecule has 0 spiro atoms. The molecule has 0 aliphatic heterocycles. The Balaban J connectivity index is 0.000000810. The van der Waals surface area contributed by atoms with Crippen LogP contribution in [0.2, 0.25) is 0 Å². The molecule has 0 aliphatic rings. The molecule has 1 aromatic heterocycles. The zero-order chi connectivity index (χ0) is 6.69.